The highest BCUT2D eigenvalue weighted by molar-refractivity contribution is 5.97. The molecule has 2 aliphatic rings. The average molecular weight is 204 g/mol. The summed E-state index contributed by atoms with van der Waals surface area (Å²) >= 11 is 0. The number of rotatable bonds is 3. The van der Waals surface area contributed by atoms with E-state index in [9.17, 15) is 4.79 Å². The molecule has 0 N–H and O–H groups in total. The van der Waals surface area contributed by atoms with Crippen LogP contribution in [-0.2, 0) is 4.79 Å². The maximum atomic E-state index is 11.5. The highest BCUT2D eigenvalue weighted by Gasteiger charge is 2.35. The summed E-state index contributed by atoms with van der Waals surface area (Å²) in [5.41, 5.74) is -0.235. The Bertz CT molecular complexity index is 368. The molecule has 1 atom stereocenters. The number of carbonyl (C=O) groups excluding carboxylic acids is 1. The lowest BCUT2D eigenvalue weighted by Gasteiger charge is -2.21. The second-order valence-electron chi connectivity index (χ2n) is 4.36. The molecule has 0 fully saturated rings. The van der Waals surface area contributed by atoms with Crippen molar-refractivity contribution in [1.82, 2.24) is 4.90 Å². The van der Waals surface area contributed by atoms with Gasteiger partial charge < -0.3 is 4.90 Å². The molecule has 0 amide bonds. The lowest BCUT2D eigenvalue weighted by molar-refractivity contribution is -0.119. The minimum Gasteiger partial charge on any atom is -0.331 e. The van der Waals surface area contributed by atoms with Crippen LogP contribution in [0.5, 0.6) is 0 Å². The van der Waals surface area contributed by atoms with Crippen LogP contribution in [0.2, 0.25) is 0 Å². The SMILES string of the molecule is CCC(=O)CC1(C)CN2C=CC=CC2=N1. The van der Waals surface area contributed by atoms with Crippen molar-refractivity contribution < 1.29 is 4.79 Å². The van der Waals surface area contributed by atoms with Gasteiger partial charge in [-0.25, -0.2) is 0 Å². The van der Waals surface area contributed by atoms with Crippen molar-refractivity contribution in [1.29, 1.82) is 0 Å². The minimum absolute atomic E-state index is 0.235. The fraction of sp³-hybridized carbons (Fsp3) is 0.500. The first-order valence-corrected chi connectivity index (χ1v) is 5.36. The first-order valence-electron chi connectivity index (χ1n) is 5.36. The van der Waals surface area contributed by atoms with Crippen LogP contribution >= 0.6 is 0 Å². The first kappa shape index (κ1) is 10.1. The smallest absolute Gasteiger partial charge is 0.135 e. The lowest BCUT2D eigenvalue weighted by Crippen LogP contribution is -2.32. The van der Waals surface area contributed by atoms with Crippen LogP contribution in [0.1, 0.15) is 26.7 Å². The van der Waals surface area contributed by atoms with Gasteiger partial charge in [0, 0.05) is 25.6 Å². The standard InChI is InChI=1S/C12H16N2O/c1-3-10(15)8-12(2)9-14-7-5-4-6-11(14)13-12/h4-7H,3,8-9H2,1-2H3. The number of hydrogen-bond donors (Lipinski definition) is 0. The summed E-state index contributed by atoms with van der Waals surface area (Å²) in [4.78, 5) is 18.2. The molecule has 80 valence electrons. The van der Waals surface area contributed by atoms with Crippen molar-refractivity contribution in [2.24, 2.45) is 4.99 Å². The Labute approximate surface area is 90.2 Å². The molecule has 2 heterocycles. The van der Waals surface area contributed by atoms with Crippen LogP contribution in [0.15, 0.2) is 29.4 Å². The summed E-state index contributed by atoms with van der Waals surface area (Å²) in [5, 5.41) is 0. The van der Waals surface area contributed by atoms with Crippen LogP contribution in [0.3, 0.4) is 0 Å². The van der Waals surface area contributed by atoms with Gasteiger partial charge in [-0.15, -0.1) is 0 Å². The van der Waals surface area contributed by atoms with Crippen molar-refractivity contribution in [3.8, 4) is 0 Å². The second-order valence-corrected chi connectivity index (χ2v) is 4.36. The Morgan fingerprint density at radius 3 is 3.07 bits per heavy atom. The molecule has 0 radical (unpaired) electrons. The largest absolute Gasteiger partial charge is 0.331 e. The number of Topliss-reactive ketones (excluding diaryl/α,β-unsaturated/α-hetero) is 1. The van der Waals surface area contributed by atoms with Crippen LogP contribution in [0.4, 0.5) is 0 Å². The van der Waals surface area contributed by atoms with Gasteiger partial charge in [0.15, 0.2) is 0 Å². The van der Waals surface area contributed by atoms with Crippen LogP contribution in [-0.4, -0.2) is 28.6 Å². The molecule has 3 nitrogen and oxygen atoms in total. The lowest BCUT2D eigenvalue weighted by atomic mass is 9.95. The molecule has 2 rings (SSSR count). The van der Waals surface area contributed by atoms with Gasteiger partial charge in [0.1, 0.15) is 11.6 Å². The third-order valence-corrected chi connectivity index (χ3v) is 2.78. The number of amidine groups is 1. The zero-order valence-electron chi connectivity index (χ0n) is 9.23. The van der Waals surface area contributed by atoms with Gasteiger partial charge in [0.2, 0.25) is 0 Å². The van der Waals surface area contributed by atoms with Crippen molar-refractivity contribution in [2.75, 3.05) is 6.54 Å². The van der Waals surface area contributed by atoms with E-state index in [0.717, 1.165) is 12.4 Å². The summed E-state index contributed by atoms with van der Waals surface area (Å²) in [6.07, 6.45) is 9.12. The number of fused-ring (bicyclic) bond motifs is 1. The molecule has 0 spiro atoms. The van der Waals surface area contributed by atoms with Crippen LogP contribution in [0.25, 0.3) is 0 Å². The minimum atomic E-state index is -0.235. The molecule has 15 heavy (non-hydrogen) atoms. The van der Waals surface area contributed by atoms with Crippen molar-refractivity contribution in [2.45, 2.75) is 32.2 Å². The van der Waals surface area contributed by atoms with E-state index >= 15 is 0 Å². The van der Waals surface area contributed by atoms with E-state index in [0.29, 0.717) is 12.8 Å². The van der Waals surface area contributed by atoms with E-state index in [-0.39, 0.29) is 11.3 Å². The quantitative estimate of drug-likeness (QED) is 0.703. The third kappa shape index (κ3) is 2.01. The van der Waals surface area contributed by atoms with E-state index < -0.39 is 0 Å². The average Bonchev–Trinajstić information content (AvgIpc) is 2.53. The second kappa shape index (κ2) is 3.65. The molecule has 0 saturated heterocycles. The van der Waals surface area contributed by atoms with Gasteiger partial charge in [-0.05, 0) is 19.1 Å². The van der Waals surface area contributed by atoms with Crippen molar-refractivity contribution in [3.63, 3.8) is 0 Å². The van der Waals surface area contributed by atoms with E-state index in [4.69, 9.17) is 0 Å². The normalized spacial score (nSPS) is 27.9. The number of aliphatic imine (C=N–C) groups is 1. The summed E-state index contributed by atoms with van der Waals surface area (Å²) in [7, 11) is 0. The van der Waals surface area contributed by atoms with Gasteiger partial charge in [-0.3, -0.25) is 9.79 Å². The number of allylic oxidation sites excluding steroid dienone is 2. The highest BCUT2D eigenvalue weighted by atomic mass is 16.1. The zero-order chi connectivity index (χ0) is 10.9. The Hall–Kier alpha value is -1.38. The molecule has 3 heteroatoms. The summed E-state index contributed by atoms with van der Waals surface area (Å²) in [5.74, 6) is 1.26. The van der Waals surface area contributed by atoms with Crippen LogP contribution < -0.4 is 0 Å². The Morgan fingerprint density at radius 1 is 1.60 bits per heavy atom. The molecular weight excluding hydrogens is 188 g/mol. The van der Waals surface area contributed by atoms with Gasteiger partial charge in [0.05, 0.1) is 5.54 Å². The van der Waals surface area contributed by atoms with Crippen LogP contribution in [0, 0.1) is 0 Å². The van der Waals surface area contributed by atoms with Crippen molar-refractivity contribution >= 4 is 11.6 Å². The van der Waals surface area contributed by atoms with Gasteiger partial charge in [-0.2, -0.15) is 0 Å². The Morgan fingerprint density at radius 2 is 2.40 bits per heavy atom. The summed E-state index contributed by atoms with van der Waals surface area (Å²) in [6.45, 7) is 4.77. The Balaban J connectivity index is 2.13. The van der Waals surface area contributed by atoms with E-state index in [1.807, 2.05) is 38.3 Å². The number of nitrogens with zero attached hydrogens (tertiary/aromatic N) is 2. The van der Waals surface area contributed by atoms with Gasteiger partial charge in [-0.1, -0.05) is 13.0 Å². The molecule has 0 aromatic heterocycles. The van der Waals surface area contributed by atoms with E-state index in [2.05, 4.69) is 9.89 Å². The topological polar surface area (TPSA) is 32.7 Å². The maximum absolute atomic E-state index is 11.5. The fourth-order valence-corrected chi connectivity index (χ4v) is 2.03. The maximum Gasteiger partial charge on any atom is 0.135 e. The van der Waals surface area contributed by atoms with Crippen molar-refractivity contribution in [3.05, 3.63) is 24.4 Å². The van der Waals surface area contributed by atoms with E-state index in [1.165, 1.54) is 0 Å². The van der Waals surface area contributed by atoms with Gasteiger partial charge >= 0.3 is 0 Å². The third-order valence-electron chi connectivity index (χ3n) is 2.78. The Kier molecular flexibility index (Phi) is 2.47. The predicted octanol–water partition coefficient (Wildman–Crippen LogP) is 1.91. The van der Waals surface area contributed by atoms with Gasteiger partial charge in [0.25, 0.3) is 0 Å². The predicted molar refractivity (Wildman–Crippen MR) is 60.7 cm³/mol. The summed E-state index contributed by atoms with van der Waals surface area (Å²) in [6, 6.07) is 0. The zero-order valence-corrected chi connectivity index (χ0v) is 9.23. The molecule has 0 bridgehead atoms. The molecule has 0 saturated carbocycles. The number of hydrogen-bond acceptors (Lipinski definition) is 3. The molecule has 2 aliphatic heterocycles. The monoisotopic (exact) mass is 204 g/mol. The summed E-state index contributed by atoms with van der Waals surface area (Å²) < 4.78 is 0. The molecule has 0 aromatic carbocycles. The number of ketones is 1. The number of carbonyl (C=O) groups is 1. The molecular formula is C12H16N2O. The molecule has 1 unspecified atom stereocenters. The fourth-order valence-electron chi connectivity index (χ4n) is 2.03. The first-order chi connectivity index (χ1) is 7.13. The highest BCUT2D eigenvalue weighted by Crippen LogP contribution is 2.27. The van der Waals surface area contributed by atoms with E-state index in [1.54, 1.807) is 0 Å². The molecule has 0 aliphatic carbocycles. The molecule has 0 aromatic rings.